The van der Waals surface area contributed by atoms with Crippen LogP contribution in [0.3, 0.4) is 0 Å². The first kappa shape index (κ1) is 15.4. The highest BCUT2D eigenvalue weighted by molar-refractivity contribution is 9.10. The lowest BCUT2D eigenvalue weighted by molar-refractivity contribution is 0.583. The van der Waals surface area contributed by atoms with Crippen molar-refractivity contribution in [1.29, 1.82) is 0 Å². The second-order valence-corrected chi connectivity index (χ2v) is 6.52. The first-order valence-electron chi connectivity index (χ1n) is 7.21. The molecule has 0 bridgehead atoms. The molecule has 0 fully saturated rings. The molecule has 1 aromatic carbocycles. The first-order chi connectivity index (χ1) is 11.4. The molecule has 0 unspecified atom stereocenters. The van der Waals surface area contributed by atoms with Gasteiger partial charge in [0.2, 0.25) is 13.8 Å². The van der Waals surface area contributed by atoms with Gasteiger partial charge in [0.05, 0.1) is 11.2 Å². The highest BCUT2D eigenvalue weighted by Crippen LogP contribution is 2.27. The van der Waals surface area contributed by atoms with Crippen molar-refractivity contribution >= 4 is 34.9 Å². The van der Waals surface area contributed by atoms with Gasteiger partial charge < -0.3 is 9.05 Å². The summed E-state index contributed by atoms with van der Waals surface area (Å²) in [6.45, 7) is 0.368. The minimum atomic E-state index is -1.11. The Morgan fingerprint density at radius 2 is 1.92 bits per heavy atom. The zero-order valence-corrected chi connectivity index (χ0v) is 13.8. The van der Waals surface area contributed by atoms with E-state index in [-0.39, 0.29) is 16.7 Å². The number of hydrogen-bond donors (Lipinski definition) is 0. The van der Waals surface area contributed by atoms with Gasteiger partial charge in [-0.1, -0.05) is 15.9 Å². The number of fused-ring (bicyclic) bond motifs is 3. The van der Waals surface area contributed by atoms with Crippen molar-refractivity contribution in [2.24, 2.45) is 0 Å². The maximum atomic E-state index is 14.7. The molecule has 1 aliphatic rings. The van der Waals surface area contributed by atoms with Gasteiger partial charge in [0.1, 0.15) is 11.3 Å². The van der Waals surface area contributed by atoms with E-state index in [4.69, 9.17) is 7.98 Å². The number of aryl methyl sites for hydroxylation is 1. The van der Waals surface area contributed by atoms with Crippen molar-refractivity contribution in [3.63, 3.8) is 0 Å². The molecule has 4 rings (SSSR count). The quantitative estimate of drug-likeness (QED) is 0.594. The summed E-state index contributed by atoms with van der Waals surface area (Å²) in [5.41, 5.74) is -1.48. The molecule has 24 heavy (non-hydrogen) atoms. The molecule has 0 saturated heterocycles. The Balaban J connectivity index is 2.23. The fourth-order valence-electron chi connectivity index (χ4n) is 3.25. The third-order valence-corrected chi connectivity index (χ3v) is 4.77. The molecule has 9 heteroatoms. The van der Waals surface area contributed by atoms with Crippen LogP contribution in [-0.4, -0.2) is 21.6 Å². The number of halogens is 3. The van der Waals surface area contributed by atoms with Crippen molar-refractivity contribution < 1.29 is 8.78 Å². The number of pyridine rings is 1. The number of hydrogen-bond acceptors (Lipinski definition) is 2. The predicted octanol–water partition coefficient (Wildman–Crippen LogP) is 1.87. The van der Waals surface area contributed by atoms with Crippen molar-refractivity contribution in [2.75, 3.05) is 0 Å². The van der Waals surface area contributed by atoms with Crippen LogP contribution < -0.4 is 11.2 Å². The summed E-state index contributed by atoms with van der Waals surface area (Å²) in [5, 5.41) is 0. The van der Waals surface area contributed by atoms with Gasteiger partial charge in [-0.15, -0.1) is 0 Å². The summed E-state index contributed by atoms with van der Waals surface area (Å²) in [4.78, 5) is 24.8. The Bertz CT molecular complexity index is 1130. The van der Waals surface area contributed by atoms with Crippen LogP contribution in [0, 0.1) is 11.6 Å². The van der Waals surface area contributed by atoms with Crippen molar-refractivity contribution in [3.8, 4) is 5.69 Å². The second-order valence-electron chi connectivity index (χ2n) is 5.60. The van der Waals surface area contributed by atoms with E-state index in [2.05, 4.69) is 15.9 Å². The molecule has 2 radical (unpaired) electrons. The van der Waals surface area contributed by atoms with Crippen molar-refractivity contribution in [3.05, 3.63) is 60.8 Å². The van der Waals surface area contributed by atoms with E-state index in [1.54, 1.807) is 0 Å². The lowest BCUT2D eigenvalue weighted by Crippen LogP contribution is -2.24. The third kappa shape index (κ3) is 1.90. The largest absolute Gasteiger partial charge is 0.347 e. The van der Waals surface area contributed by atoms with Gasteiger partial charge in [0.15, 0.2) is 0 Å². The van der Waals surface area contributed by atoms with Gasteiger partial charge in [-0.3, -0.25) is 9.36 Å². The lowest BCUT2D eigenvalue weighted by atomic mass is 10.2. The highest BCUT2D eigenvalue weighted by atomic mass is 79.9. The highest BCUT2D eigenvalue weighted by Gasteiger charge is 2.27. The summed E-state index contributed by atoms with van der Waals surface area (Å²) in [6.07, 6.45) is 1.15. The van der Waals surface area contributed by atoms with Crippen LogP contribution in [0.2, 0.25) is 0 Å². The molecule has 0 N–H and O–H groups in total. The van der Waals surface area contributed by atoms with Crippen LogP contribution >= 0.6 is 15.9 Å². The molecule has 5 nitrogen and oxygen atoms in total. The summed E-state index contributed by atoms with van der Waals surface area (Å²) >= 11 is 3.12. The Hall–Kier alpha value is -2.16. The molecule has 1 aliphatic heterocycles. The maximum Gasteiger partial charge on any atom is 0.320 e. The van der Waals surface area contributed by atoms with Crippen LogP contribution in [0.25, 0.3) is 16.7 Å². The zero-order valence-electron chi connectivity index (χ0n) is 12.2. The maximum absolute atomic E-state index is 14.7. The van der Waals surface area contributed by atoms with Crippen LogP contribution in [0.1, 0.15) is 12.1 Å². The van der Waals surface area contributed by atoms with Crippen LogP contribution in [-0.2, 0) is 13.0 Å². The summed E-state index contributed by atoms with van der Waals surface area (Å²) < 4.78 is 32.4. The SMILES string of the molecule is [B]n1c(=O)n(-c2ccc(Br)cc2F)c2c(F)c(=O)n3c(c21)CCC3. The number of nitrogens with zero attached hydrogens (tertiary/aromatic N) is 3. The van der Waals surface area contributed by atoms with E-state index in [1.165, 1.54) is 16.7 Å². The molecule has 0 atom stereocenters. The van der Waals surface area contributed by atoms with Gasteiger partial charge in [0, 0.05) is 16.7 Å². The standard InChI is InChI=1S/C15H9BBrF2N3O2/c16-22-12-10-2-1-5-20(10)14(23)11(19)13(12)21(15(22)24)9-4-3-7(17)6-8(9)18/h3-4,6H,1-2,5H2. The minimum absolute atomic E-state index is 0.122. The fourth-order valence-corrected chi connectivity index (χ4v) is 3.58. The second kappa shape index (κ2) is 5.17. The monoisotopic (exact) mass is 391 g/mol. The molecule has 2 aromatic heterocycles. The van der Waals surface area contributed by atoms with Gasteiger partial charge in [-0.25, -0.2) is 9.18 Å². The van der Waals surface area contributed by atoms with Crippen molar-refractivity contribution in [2.45, 2.75) is 19.4 Å². The third-order valence-electron chi connectivity index (χ3n) is 4.27. The van der Waals surface area contributed by atoms with E-state index in [1.807, 2.05) is 0 Å². The average molecular weight is 392 g/mol. The molecule has 3 aromatic rings. The normalized spacial score (nSPS) is 13.6. The molecule has 0 spiro atoms. The average Bonchev–Trinajstić information content (AvgIpc) is 3.11. The summed E-state index contributed by atoms with van der Waals surface area (Å²) in [6, 6.07) is 3.99. The first-order valence-corrected chi connectivity index (χ1v) is 8.00. The Kier molecular flexibility index (Phi) is 3.31. The minimum Gasteiger partial charge on any atom is -0.347 e. The Morgan fingerprint density at radius 3 is 2.62 bits per heavy atom. The molecule has 0 amide bonds. The van der Waals surface area contributed by atoms with Crippen LogP contribution in [0.4, 0.5) is 8.78 Å². The Morgan fingerprint density at radius 1 is 1.17 bits per heavy atom. The fraction of sp³-hybridized carbons (Fsp3) is 0.200. The molecular weight excluding hydrogens is 383 g/mol. The Labute approximate surface area is 143 Å². The number of benzene rings is 1. The zero-order chi connectivity index (χ0) is 17.2. The van der Waals surface area contributed by atoms with Gasteiger partial charge in [-0.05, 0) is 31.0 Å². The van der Waals surface area contributed by atoms with E-state index in [0.29, 0.717) is 29.6 Å². The van der Waals surface area contributed by atoms with Gasteiger partial charge >= 0.3 is 5.69 Å². The summed E-state index contributed by atoms with van der Waals surface area (Å²) in [5.74, 6) is -1.85. The topological polar surface area (TPSA) is 48.9 Å². The van der Waals surface area contributed by atoms with Gasteiger partial charge in [-0.2, -0.15) is 4.39 Å². The molecule has 3 heterocycles. The lowest BCUT2D eigenvalue weighted by Gasteiger charge is -2.09. The van der Waals surface area contributed by atoms with E-state index in [0.717, 1.165) is 15.1 Å². The molecular formula is C15H9BBrF2N3O2. The predicted molar refractivity (Wildman–Crippen MR) is 88.9 cm³/mol. The number of aromatic nitrogens is 3. The smallest absolute Gasteiger partial charge is 0.320 e. The van der Waals surface area contributed by atoms with Gasteiger partial charge in [0.25, 0.3) is 5.56 Å². The molecule has 0 aliphatic carbocycles. The van der Waals surface area contributed by atoms with E-state index < -0.39 is 22.9 Å². The van der Waals surface area contributed by atoms with E-state index >= 15 is 0 Å². The van der Waals surface area contributed by atoms with Crippen molar-refractivity contribution in [1.82, 2.24) is 13.6 Å². The summed E-state index contributed by atoms with van der Waals surface area (Å²) in [7, 11) is 5.82. The molecule has 0 saturated carbocycles. The number of imidazole rings is 1. The van der Waals surface area contributed by atoms with Crippen LogP contribution in [0.15, 0.2) is 32.3 Å². The number of rotatable bonds is 1. The van der Waals surface area contributed by atoms with E-state index in [9.17, 15) is 18.4 Å². The molecule has 120 valence electrons. The van der Waals surface area contributed by atoms with Crippen LogP contribution in [0.5, 0.6) is 0 Å².